The van der Waals surface area contributed by atoms with E-state index in [0.29, 0.717) is 17.6 Å². The van der Waals surface area contributed by atoms with Gasteiger partial charge in [0.05, 0.1) is 21.8 Å². The Bertz CT molecular complexity index is 642. The van der Waals surface area contributed by atoms with E-state index in [0.717, 1.165) is 28.4 Å². The molecular weight excluding hydrogens is 256 g/mol. The molecule has 0 radical (unpaired) electrons. The van der Waals surface area contributed by atoms with Crippen LogP contribution in [0.4, 0.5) is 5.13 Å². The maximum absolute atomic E-state index is 8.94. The first kappa shape index (κ1) is 12.4. The summed E-state index contributed by atoms with van der Waals surface area (Å²) in [6.45, 7) is 6.37. The van der Waals surface area contributed by atoms with Gasteiger partial charge >= 0.3 is 0 Å². The number of fused-ring (bicyclic) bond motifs is 1. The van der Waals surface area contributed by atoms with Crippen LogP contribution in [0.3, 0.4) is 0 Å². The third-order valence-corrected chi connectivity index (χ3v) is 4.57. The summed E-state index contributed by atoms with van der Waals surface area (Å²) in [6.07, 6.45) is 0. The molecule has 4 nitrogen and oxygen atoms in total. The molecular formula is C14H16N4S. The Kier molecular flexibility index (Phi) is 3.13. The molecule has 0 bridgehead atoms. The zero-order valence-corrected chi connectivity index (χ0v) is 11.9. The van der Waals surface area contributed by atoms with Crippen molar-refractivity contribution in [3.05, 3.63) is 23.8 Å². The molecule has 0 aliphatic carbocycles. The van der Waals surface area contributed by atoms with Gasteiger partial charge in [-0.2, -0.15) is 5.26 Å². The number of nitrogens with zero attached hydrogens (tertiary/aromatic N) is 3. The van der Waals surface area contributed by atoms with Crippen molar-refractivity contribution in [3.63, 3.8) is 0 Å². The molecule has 3 rings (SSSR count). The highest BCUT2D eigenvalue weighted by atomic mass is 32.1. The van der Waals surface area contributed by atoms with Crippen molar-refractivity contribution >= 4 is 26.7 Å². The highest BCUT2D eigenvalue weighted by Crippen LogP contribution is 2.31. The third-order valence-electron chi connectivity index (χ3n) is 3.52. The van der Waals surface area contributed by atoms with Crippen LogP contribution in [0.25, 0.3) is 10.2 Å². The number of hydrogen-bond donors (Lipinski definition) is 1. The number of benzene rings is 1. The van der Waals surface area contributed by atoms with Gasteiger partial charge in [-0.25, -0.2) is 4.98 Å². The van der Waals surface area contributed by atoms with Crippen molar-refractivity contribution in [3.8, 4) is 6.07 Å². The van der Waals surface area contributed by atoms with E-state index in [4.69, 9.17) is 10.2 Å². The summed E-state index contributed by atoms with van der Waals surface area (Å²) in [5.74, 6) is 0. The van der Waals surface area contributed by atoms with Gasteiger partial charge < -0.3 is 10.2 Å². The standard InChI is InChI=1S/C14H16N4S/c1-9-8-18(10(2)7-16-9)14-17-12-4-3-11(6-15)5-13(12)19-14/h3-5,9-10,16H,7-8H2,1-2H3/t9-,10+/m1/s1. The van der Waals surface area contributed by atoms with E-state index >= 15 is 0 Å². The van der Waals surface area contributed by atoms with Crippen LogP contribution in [-0.2, 0) is 0 Å². The monoisotopic (exact) mass is 272 g/mol. The lowest BCUT2D eigenvalue weighted by Crippen LogP contribution is -2.54. The van der Waals surface area contributed by atoms with E-state index in [1.807, 2.05) is 18.2 Å². The molecule has 0 saturated carbocycles. The zero-order valence-electron chi connectivity index (χ0n) is 11.1. The Labute approximate surface area is 116 Å². The largest absolute Gasteiger partial charge is 0.343 e. The van der Waals surface area contributed by atoms with Crippen molar-refractivity contribution in [1.29, 1.82) is 5.26 Å². The molecule has 1 saturated heterocycles. The van der Waals surface area contributed by atoms with Gasteiger partial charge in [0.2, 0.25) is 0 Å². The molecule has 1 fully saturated rings. The molecule has 1 aliphatic rings. The Hall–Kier alpha value is -1.64. The lowest BCUT2D eigenvalue weighted by Gasteiger charge is -2.37. The van der Waals surface area contributed by atoms with Crippen LogP contribution >= 0.6 is 11.3 Å². The van der Waals surface area contributed by atoms with E-state index in [9.17, 15) is 0 Å². The number of anilines is 1. The average Bonchev–Trinajstić information content (AvgIpc) is 2.83. The molecule has 0 amide bonds. The maximum atomic E-state index is 8.94. The molecule has 1 aromatic carbocycles. The maximum Gasteiger partial charge on any atom is 0.186 e. The van der Waals surface area contributed by atoms with Crippen LogP contribution in [-0.4, -0.2) is 30.2 Å². The van der Waals surface area contributed by atoms with E-state index in [2.05, 4.69) is 30.1 Å². The molecule has 19 heavy (non-hydrogen) atoms. The topological polar surface area (TPSA) is 52.0 Å². The molecule has 2 aromatic rings. The minimum Gasteiger partial charge on any atom is -0.343 e. The second-order valence-electron chi connectivity index (χ2n) is 5.10. The summed E-state index contributed by atoms with van der Waals surface area (Å²) < 4.78 is 1.09. The second-order valence-corrected chi connectivity index (χ2v) is 6.11. The fourth-order valence-corrected chi connectivity index (χ4v) is 3.51. The zero-order chi connectivity index (χ0) is 13.4. The Morgan fingerprint density at radius 1 is 1.47 bits per heavy atom. The number of piperazine rings is 1. The third kappa shape index (κ3) is 2.29. The fourth-order valence-electron chi connectivity index (χ4n) is 2.39. The fraction of sp³-hybridized carbons (Fsp3) is 0.429. The SMILES string of the molecule is C[C@@H]1CN(c2nc3ccc(C#N)cc3s2)[C@@H](C)CN1. The molecule has 1 aliphatic heterocycles. The first-order valence-electron chi connectivity index (χ1n) is 6.48. The number of aromatic nitrogens is 1. The van der Waals surface area contributed by atoms with Crippen LogP contribution in [0.5, 0.6) is 0 Å². The van der Waals surface area contributed by atoms with Gasteiger partial charge in [0.1, 0.15) is 0 Å². The molecule has 0 unspecified atom stereocenters. The lowest BCUT2D eigenvalue weighted by atomic mass is 10.1. The van der Waals surface area contributed by atoms with Crippen LogP contribution < -0.4 is 10.2 Å². The molecule has 98 valence electrons. The lowest BCUT2D eigenvalue weighted by molar-refractivity contribution is 0.425. The van der Waals surface area contributed by atoms with Crippen molar-refractivity contribution in [2.45, 2.75) is 25.9 Å². The van der Waals surface area contributed by atoms with Gasteiger partial charge in [-0.1, -0.05) is 11.3 Å². The van der Waals surface area contributed by atoms with Crippen molar-refractivity contribution in [2.75, 3.05) is 18.0 Å². The van der Waals surface area contributed by atoms with Crippen molar-refractivity contribution in [2.24, 2.45) is 0 Å². The minimum atomic E-state index is 0.451. The van der Waals surface area contributed by atoms with Crippen LogP contribution in [0.1, 0.15) is 19.4 Å². The summed E-state index contributed by atoms with van der Waals surface area (Å²) >= 11 is 1.68. The minimum absolute atomic E-state index is 0.451. The van der Waals surface area contributed by atoms with Gasteiger partial charge in [-0.15, -0.1) is 0 Å². The summed E-state index contributed by atoms with van der Waals surface area (Å²) in [4.78, 5) is 7.06. The predicted molar refractivity (Wildman–Crippen MR) is 78.6 cm³/mol. The summed E-state index contributed by atoms with van der Waals surface area (Å²) in [6, 6.07) is 8.80. The highest BCUT2D eigenvalue weighted by molar-refractivity contribution is 7.22. The quantitative estimate of drug-likeness (QED) is 0.866. The van der Waals surface area contributed by atoms with Crippen LogP contribution in [0.15, 0.2) is 18.2 Å². The molecule has 5 heteroatoms. The van der Waals surface area contributed by atoms with E-state index < -0.39 is 0 Å². The van der Waals surface area contributed by atoms with Crippen molar-refractivity contribution in [1.82, 2.24) is 10.3 Å². The number of thiazole rings is 1. The Morgan fingerprint density at radius 3 is 3.11 bits per heavy atom. The smallest absolute Gasteiger partial charge is 0.186 e. The Morgan fingerprint density at radius 2 is 2.32 bits per heavy atom. The van der Waals surface area contributed by atoms with E-state index in [-0.39, 0.29) is 0 Å². The molecule has 2 atom stereocenters. The predicted octanol–water partition coefficient (Wildman–Crippen LogP) is 2.35. The molecule has 1 N–H and O–H groups in total. The van der Waals surface area contributed by atoms with Crippen LogP contribution in [0.2, 0.25) is 0 Å². The average molecular weight is 272 g/mol. The second kappa shape index (κ2) is 4.80. The molecule has 2 heterocycles. The highest BCUT2D eigenvalue weighted by Gasteiger charge is 2.24. The number of nitrogens with one attached hydrogen (secondary N) is 1. The first-order valence-corrected chi connectivity index (χ1v) is 7.30. The molecule has 1 aromatic heterocycles. The van der Waals surface area contributed by atoms with Gasteiger partial charge in [0.15, 0.2) is 5.13 Å². The normalized spacial score (nSPS) is 23.5. The van der Waals surface area contributed by atoms with Crippen LogP contribution in [0, 0.1) is 11.3 Å². The summed E-state index contributed by atoms with van der Waals surface area (Å²) in [5.41, 5.74) is 1.68. The molecule has 0 spiro atoms. The number of hydrogen-bond acceptors (Lipinski definition) is 5. The van der Waals surface area contributed by atoms with Gasteiger partial charge in [-0.05, 0) is 32.0 Å². The van der Waals surface area contributed by atoms with E-state index in [1.165, 1.54) is 0 Å². The number of nitriles is 1. The van der Waals surface area contributed by atoms with Crippen molar-refractivity contribution < 1.29 is 0 Å². The van der Waals surface area contributed by atoms with Gasteiger partial charge in [0, 0.05) is 25.2 Å². The first-order chi connectivity index (χ1) is 9.17. The van der Waals surface area contributed by atoms with Gasteiger partial charge in [-0.3, -0.25) is 0 Å². The summed E-state index contributed by atoms with van der Waals surface area (Å²) in [7, 11) is 0. The number of rotatable bonds is 1. The summed E-state index contributed by atoms with van der Waals surface area (Å²) in [5, 5.41) is 13.5. The van der Waals surface area contributed by atoms with Gasteiger partial charge in [0.25, 0.3) is 0 Å². The Balaban J connectivity index is 1.98. The van der Waals surface area contributed by atoms with E-state index in [1.54, 1.807) is 11.3 Å².